The molecule has 0 aromatic rings. The molecule has 0 aliphatic carbocycles. The normalized spacial score (nSPS) is 13.1. The van der Waals surface area contributed by atoms with Crippen LogP contribution in [-0.2, 0) is 29.6 Å². The van der Waals surface area contributed by atoms with Crippen LogP contribution in [0.15, 0.2) is 12.2 Å². The fourth-order valence-corrected chi connectivity index (χ4v) is 4.70. The van der Waals surface area contributed by atoms with E-state index in [1.807, 2.05) is 0 Å². The van der Waals surface area contributed by atoms with E-state index in [0.717, 1.165) is 15.2 Å². The van der Waals surface area contributed by atoms with Crippen molar-refractivity contribution < 1.29 is 57.2 Å². The summed E-state index contributed by atoms with van der Waals surface area (Å²) in [4.78, 5) is 11.5. The van der Waals surface area contributed by atoms with Gasteiger partial charge in [0.25, 0.3) is 0 Å². The number of halogens is 6. The van der Waals surface area contributed by atoms with Crippen LogP contribution in [0.1, 0.15) is 59.8 Å². The second-order valence-corrected chi connectivity index (χ2v) is 11.2. The number of carbonyl (C=O) groups excluding carboxylic acids is 1. The summed E-state index contributed by atoms with van der Waals surface area (Å²) in [6.07, 6.45) is 6.17. The van der Waals surface area contributed by atoms with Gasteiger partial charge in [-0.3, -0.25) is 0 Å². The summed E-state index contributed by atoms with van der Waals surface area (Å²) < 4.78 is 116. The average molecular weight is 565 g/mol. The highest BCUT2D eigenvalue weighted by molar-refractivity contribution is 8.13. The van der Waals surface area contributed by atoms with Crippen LogP contribution in [0, 0.1) is 0 Å². The maximum absolute atomic E-state index is 11.5. The number of hydrogen-bond donors (Lipinski definition) is 0. The molecule has 0 amide bonds. The smallest absolute Gasteiger partial charge is 0.456 e. The van der Waals surface area contributed by atoms with E-state index >= 15 is 0 Å². The lowest BCUT2D eigenvalue weighted by Crippen LogP contribution is -2.52. The molecular weight excluding hydrogens is 530 g/mol. The first kappa shape index (κ1) is 35.8. The van der Waals surface area contributed by atoms with Gasteiger partial charge in [-0.25, -0.2) is 21.6 Å². The molecule has 35 heavy (non-hydrogen) atoms. The summed E-state index contributed by atoms with van der Waals surface area (Å²) in [5, 5.41) is 0. The van der Waals surface area contributed by atoms with Crippen molar-refractivity contribution in [1.29, 1.82) is 0 Å². The van der Waals surface area contributed by atoms with Gasteiger partial charge in [-0.15, -0.1) is 0 Å². The second-order valence-electron chi connectivity index (χ2n) is 7.78. The van der Waals surface area contributed by atoms with Crippen molar-refractivity contribution in [2.45, 2.75) is 70.8 Å². The number of quaternary nitrogens is 1. The lowest BCUT2D eigenvalue weighted by Gasteiger charge is -2.38. The monoisotopic (exact) mass is 564 g/mol. The molecule has 16 heteroatoms. The Morgan fingerprint density at radius 3 is 1.54 bits per heavy atom. The molecule has 8 nitrogen and oxygen atoms in total. The Bertz CT molecular complexity index is 823. The van der Waals surface area contributed by atoms with Crippen molar-refractivity contribution in [3.63, 3.8) is 0 Å². The number of esters is 1. The predicted molar refractivity (Wildman–Crippen MR) is 119 cm³/mol. The van der Waals surface area contributed by atoms with Crippen molar-refractivity contribution >= 4 is 26.0 Å². The van der Waals surface area contributed by atoms with Crippen molar-refractivity contribution in [1.82, 2.24) is 0 Å². The minimum atomic E-state index is -6.72. The molecule has 0 spiro atoms. The Hall–Kier alpha value is -1.39. The zero-order valence-electron chi connectivity index (χ0n) is 20.2. The third kappa shape index (κ3) is 13.5. The molecule has 210 valence electrons. The van der Waals surface area contributed by atoms with E-state index in [9.17, 15) is 48.0 Å². The molecule has 0 atom stereocenters. The van der Waals surface area contributed by atoms with Gasteiger partial charge in [-0.2, -0.15) is 26.3 Å². The molecule has 0 rings (SSSR count). The number of hydrogen-bond acceptors (Lipinski definition) is 6. The second kappa shape index (κ2) is 15.0. The fourth-order valence-electron chi connectivity index (χ4n) is 2.99. The molecule has 0 bridgehead atoms. The average Bonchev–Trinajstić information content (AvgIpc) is 2.66. The minimum absolute atomic E-state index is 0.260. The van der Waals surface area contributed by atoms with Crippen molar-refractivity contribution in [3.05, 3.63) is 16.3 Å². The van der Waals surface area contributed by atoms with Crippen LogP contribution in [0.5, 0.6) is 0 Å². The van der Waals surface area contributed by atoms with Gasteiger partial charge < -0.3 is 13.3 Å². The molecular formula is C19H34F6N2O6S2. The molecule has 0 heterocycles. The summed E-state index contributed by atoms with van der Waals surface area (Å²) in [5.74, 6) is -0.260. The van der Waals surface area contributed by atoms with Crippen LogP contribution in [0.4, 0.5) is 26.3 Å². The van der Waals surface area contributed by atoms with Gasteiger partial charge in [0.1, 0.15) is 13.2 Å². The molecule has 0 unspecified atom stereocenters. The van der Waals surface area contributed by atoms with Gasteiger partial charge in [-0.05, 0) is 32.6 Å². The first-order chi connectivity index (χ1) is 15.7. The standard InChI is InChI=1S/C17H34NO2.C2F6NO4S2/c1-6-9-10-13-18(11-7-2,12-8-3)14-15-20-17(19)16(4)5;3-1(4,5)14(10,11)9-15(12,13)2(6,7)8/h4,6-15H2,1-3,5H3;/q+1;-1. The summed E-state index contributed by atoms with van der Waals surface area (Å²) in [6, 6.07) is 0. The lowest BCUT2D eigenvalue weighted by atomic mass is 10.2. The maximum atomic E-state index is 11.5. The molecule has 0 fully saturated rings. The van der Waals surface area contributed by atoms with E-state index in [1.165, 1.54) is 51.7 Å². The van der Waals surface area contributed by atoms with Crippen LogP contribution in [-0.4, -0.2) is 71.1 Å². The third-order valence-corrected chi connectivity index (χ3v) is 7.30. The van der Waals surface area contributed by atoms with Crippen LogP contribution in [0.2, 0.25) is 0 Å². The number of ether oxygens (including phenoxy) is 1. The van der Waals surface area contributed by atoms with Crippen molar-refractivity contribution in [3.8, 4) is 0 Å². The zero-order chi connectivity index (χ0) is 28.1. The molecule has 0 aromatic carbocycles. The molecule has 0 N–H and O–H groups in total. The number of unbranched alkanes of at least 4 members (excludes halogenated alkanes) is 2. The van der Waals surface area contributed by atoms with Gasteiger partial charge in [0, 0.05) is 5.57 Å². The van der Waals surface area contributed by atoms with Gasteiger partial charge in [-0.1, -0.05) is 33.8 Å². The third-order valence-electron chi connectivity index (χ3n) is 4.56. The summed E-state index contributed by atoms with van der Waals surface area (Å²) >= 11 is 0. The van der Waals surface area contributed by atoms with E-state index in [2.05, 4.69) is 27.4 Å². The minimum Gasteiger partial charge on any atom is -0.456 e. The number of nitrogens with zero attached hydrogens (tertiary/aromatic N) is 2. The number of rotatable bonds is 14. The Balaban J connectivity index is 0. The highest BCUT2D eigenvalue weighted by Gasteiger charge is 2.46. The first-order valence-corrected chi connectivity index (χ1v) is 13.6. The predicted octanol–water partition coefficient (Wildman–Crippen LogP) is 4.99. The molecule has 0 aliphatic heterocycles. The SMILES string of the molecule is C=C(C)C(=O)OCC[N+](CCC)(CCC)CCCCC.O=S(=O)([N-]S(=O)(=O)C(F)(F)F)C(F)(F)F. The Morgan fingerprint density at radius 2 is 1.23 bits per heavy atom. The quantitative estimate of drug-likeness (QED) is 0.0967. The molecule has 0 aromatic heterocycles. The first-order valence-electron chi connectivity index (χ1n) is 10.8. The number of carbonyl (C=O) groups is 1. The summed E-state index contributed by atoms with van der Waals surface area (Å²) in [6.45, 7) is 17.1. The van der Waals surface area contributed by atoms with Gasteiger partial charge >= 0.3 is 17.0 Å². The Kier molecular flexibility index (Phi) is 15.3. The van der Waals surface area contributed by atoms with E-state index in [4.69, 9.17) is 4.74 Å². The molecule has 0 aliphatic rings. The highest BCUT2D eigenvalue weighted by atomic mass is 32.3. The van der Waals surface area contributed by atoms with Gasteiger partial charge in [0.05, 0.1) is 19.6 Å². The fraction of sp³-hybridized carbons (Fsp3) is 0.842. The number of sulfonamides is 2. The van der Waals surface area contributed by atoms with Crippen LogP contribution in [0.3, 0.4) is 0 Å². The maximum Gasteiger partial charge on any atom is 0.480 e. The summed E-state index contributed by atoms with van der Waals surface area (Å²) in [7, 11) is -13.4. The number of alkyl halides is 6. The van der Waals surface area contributed by atoms with E-state index < -0.39 is 31.1 Å². The zero-order valence-corrected chi connectivity index (χ0v) is 21.8. The highest BCUT2D eigenvalue weighted by Crippen LogP contribution is 2.36. The lowest BCUT2D eigenvalue weighted by molar-refractivity contribution is -0.928. The Labute approximate surface area is 203 Å². The van der Waals surface area contributed by atoms with Crippen molar-refractivity contribution in [2.75, 3.05) is 32.8 Å². The van der Waals surface area contributed by atoms with E-state index in [1.54, 1.807) is 6.92 Å². The molecule has 0 saturated carbocycles. The Morgan fingerprint density at radius 1 is 0.800 bits per heavy atom. The van der Waals surface area contributed by atoms with Crippen LogP contribution < -0.4 is 0 Å². The van der Waals surface area contributed by atoms with Crippen LogP contribution >= 0.6 is 0 Å². The van der Waals surface area contributed by atoms with Gasteiger partial charge in [0.15, 0.2) is 20.0 Å². The van der Waals surface area contributed by atoms with E-state index in [-0.39, 0.29) is 5.97 Å². The van der Waals surface area contributed by atoms with Crippen molar-refractivity contribution in [2.24, 2.45) is 0 Å². The summed E-state index contributed by atoms with van der Waals surface area (Å²) in [5.41, 5.74) is -11.9. The van der Waals surface area contributed by atoms with Crippen LogP contribution in [0.25, 0.3) is 4.13 Å². The molecule has 0 saturated heterocycles. The van der Waals surface area contributed by atoms with E-state index in [0.29, 0.717) is 12.2 Å². The molecule has 0 radical (unpaired) electrons. The topological polar surface area (TPSA) is 109 Å². The van der Waals surface area contributed by atoms with Gasteiger partial charge in [0.2, 0.25) is 0 Å². The largest absolute Gasteiger partial charge is 0.480 e.